The fraction of sp³-hybridized carbons (Fsp3) is 0.818. The fourth-order valence-corrected chi connectivity index (χ4v) is 6.09. The van der Waals surface area contributed by atoms with Crippen LogP contribution in [0.3, 0.4) is 0 Å². The molecule has 8 heteroatoms. The highest BCUT2D eigenvalue weighted by Gasteiger charge is 2.48. The van der Waals surface area contributed by atoms with Gasteiger partial charge in [0, 0.05) is 63.1 Å². The van der Waals surface area contributed by atoms with Gasteiger partial charge in [0.05, 0.1) is 0 Å². The molecule has 1 saturated carbocycles. The molecule has 0 aromatic carbocycles. The van der Waals surface area contributed by atoms with E-state index in [2.05, 4.69) is 30.5 Å². The van der Waals surface area contributed by atoms with Crippen molar-refractivity contribution in [3.05, 3.63) is 11.8 Å². The first-order valence-corrected chi connectivity index (χ1v) is 11.8. The fourth-order valence-electron chi connectivity index (χ4n) is 6.09. The molecule has 3 atom stereocenters. The van der Waals surface area contributed by atoms with Gasteiger partial charge in [-0.2, -0.15) is 0 Å². The molecule has 3 saturated heterocycles. The van der Waals surface area contributed by atoms with Gasteiger partial charge < -0.3 is 11.1 Å². The maximum atomic E-state index is 7.40. The quantitative estimate of drug-likeness (QED) is 0.291. The molecular formula is C22H40N8. The number of hydrogen-bond acceptors (Lipinski definition) is 6. The van der Waals surface area contributed by atoms with Crippen molar-refractivity contribution in [1.29, 1.82) is 5.41 Å². The normalized spacial score (nSPS) is 32.7. The summed E-state index contributed by atoms with van der Waals surface area (Å²) in [5, 5.41) is 13.1. The van der Waals surface area contributed by atoms with Crippen LogP contribution in [0.2, 0.25) is 0 Å². The van der Waals surface area contributed by atoms with E-state index in [1.54, 1.807) is 6.20 Å². The smallest absolute Gasteiger partial charge is 0.149 e. The van der Waals surface area contributed by atoms with Crippen LogP contribution in [0.4, 0.5) is 0 Å². The third-order valence-electron chi connectivity index (χ3n) is 7.99. The summed E-state index contributed by atoms with van der Waals surface area (Å²) < 4.78 is 0. The Morgan fingerprint density at radius 3 is 2.57 bits per heavy atom. The molecule has 4 rings (SSSR count). The molecule has 0 bridgehead atoms. The second-order valence-corrected chi connectivity index (χ2v) is 9.45. The lowest BCUT2D eigenvalue weighted by atomic mass is 9.65. The van der Waals surface area contributed by atoms with Gasteiger partial charge in [-0.25, -0.2) is 10.4 Å². The highest BCUT2D eigenvalue weighted by atomic mass is 15.5. The molecule has 168 valence electrons. The van der Waals surface area contributed by atoms with Crippen LogP contribution in [0.15, 0.2) is 16.8 Å². The number of fused-ring (bicyclic) bond motifs is 1. The number of likely N-dealkylation sites (tertiary alicyclic amines) is 2. The van der Waals surface area contributed by atoms with E-state index in [4.69, 9.17) is 11.1 Å². The summed E-state index contributed by atoms with van der Waals surface area (Å²) in [5.74, 6) is 2.68. The Kier molecular flexibility index (Phi) is 7.08. The molecule has 8 nitrogen and oxygen atoms in total. The van der Waals surface area contributed by atoms with Crippen LogP contribution in [-0.4, -0.2) is 91.4 Å². The van der Waals surface area contributed by atoms with E-state index < -0.39 is 0 Å². The average molecular weight is 417 g/mol. The van der Waals surface area contributed by atoms with Crippen LogP contribution in [-0.2, 0) is 0 Å². The SMILES string of the molecule is CNN(C(=NC=N)/C(C)=C/N)C1CCN(C2CN(C3CC4CCNCCC43)C2)CC1. The van der Waals surface area contributed by atoms with Gasteiger partial charge in [-0.3, -0.25) is 20.2 Å². The Morgan fingerprint density at radius 1 is 1.17 bits per heavy atom. The Balaban J connectivity index is 1.25. The van der Waals surface area contributed by atoms with Crippen LogP contribution in [0.1, 0.15) is 39.0 Å². The lowest BCUT2D eigenvalue weighted by Crippen LogP contribution is -2.68. The first-order chi connectivity index (χ1) is 14.7. The first kappa shape index (κ1) is 21.7. The van der Waals surface area contributed by atoms with Gasteiger partial charge in [0.25, 0.3) is 0 Å². The second-order valence-electron chi connectivity index (χ2n) is 9.45. The van der Waals surface area contributed by atoms with Gasteiger partial charge in [0.2, 0.25) is 0 Å². The van der Waals surface area contributed by atoms with E-state index in [-0.39, 0.29) is 0 Å². The van der Waals surface area contributed by atoms with Gasteiger partial charge in [0.1, 0.15) is 12.2 Å². The number of piperidine rings is 1. The number of hydrogen-bond donors (Lipinski definition) is 4. The van der Waals surface area contributed by atoms with Crippen molar-refractivity contribution in [2.24, 2.45) is 22.6 Å². The van der Waals surface area contributed by atoms with E-state index in [0.29, 0.717) is 6.04 Å². The molecule has 4 aliphatic rings. The highest BCUT2D eigenvalue weighted by molar-refractivity contribution is 6.01. The Morgan fingerprint density at radius 2 is 1.90 bits per heavy atom. The van der Waals surface area contributed by atoms with E-state index in [0.717, 1.165) is 67.6 Å². The van der Waals surface area contributed by atoms with Crippen molar-refractivity contribution in [2.45, 2.75) is 57.2 Å². The molecular weight excluding hydrogens is 376 g/mol. The molecule has 0 aromatic heterocycles. The molecule has 5 N–H and O–H groups in total. The predicted octanol–water partition coefficient (Wildman–Crippen LogP) is 0.828. The third-order valence-corrected chi connectivity index (χ3v) is 7.99. The molecule has 30 heavy (non-hydrogen) atoms. The van der Waals surface area contributed by atoms with Crippen LogP contribution in [0, 0.1) is 17.2 Å². The monoisotopic (exact) mass is 416 g/mol. The second kappa shape index (κ2) is 9.77. The molecule has 3 unspecified atom stereocenters. The van der Waals surface area contributed by atoms with Crippen molar-refractivity contribution >= 4 is 12.2 Å². The zero-order valence-corrected chi connectivity index (χ0v) is 18.7. The van der Waals surface area contributed by atoms with Crippen LogP contribution < -0.4 is 16.5 Å². The predicted molar refractivity (Wildman–Crippen MR) is 123 cm³/mol. The summed E-state index contributed by atoms with van der Waals surface area (Å²) in [4.78, 5) is 9.73. The van der Waals surface area contributed by atoms with Gasteiger partial charge in [-0.1, -0.05) is 0 Å². The number of nitrogens with two attached hydrogens (primary N) is 1. The summed E-state index contributed by atoms with van der Waals surface area (Å²) >= 11 is 0. The summed E-state index contributed by atoms with van der Waals surface area (Å²) in [6.07, 6.45) is 9.06. The Labute approximate surface area is 181 Å². The molecule has 0 amide bonds. The zero-order valence-electron chi connectivity index (χ0n) is 18.7. The summed E-state index contributed by atoms with van der Waals surface area (Å²) in [5.41, 5.74) is 9.90. The summed E-state index contributed by atoms with van der Waals surface area (Å²) in [6.45, 7) is 9.17. The van der Waals surface area contributed by atoms with E-state index in [1.165, 1.54) is 45.4 Å². The van der Waals surface area contributed by atoms with Gasteiger partial charge in [-0.15, -0.1) is 0 Å². The number of rotatable bonds is 6. The molecule has 4 fully saturated rings. The van der Waals surface area contributed by atoms with Gasteiger partial charge in [0.15, 0.2) is 0 Å². The molecule has 3 heterocycles. The average Bonchev–Trinajstić information content (AvgIpc) is 2.91. The number of aliphatic imine (C=N–C) groups is 1. The van der Waals surface area contributed by atoms with Crippen molar-refractivity contribution in [3.63, 3.8) is 0 Å². The number of amidine groups is 1. The molecule has 0 radical (unpaired) electrons. The van der Waals surface area contributed by atoms with Gasteiger partial charge >= 0.3 is 0 Å². The lowest BCUT2D eigenvalue weighted by Gasteiger charge is -2.57. The lowest BCUT2D eigenvalue weighted by molar-refractivity contribution is -0.0792. The van der Waals surface area contributed by atoms with Crippen LogP contribution >= 0.6 is 0 Å². The Hall–Kier alpha value is -1.48. The minimum Gasteiger partial charge on any atom is -0.404 e. The van der Waals surface area contributed by atoms with Crippen molar-refractivity contribution in [3.8, 4) is 0 Å². The Bertz CT molecular complexity index is 648. The van der Waals surface area contributed by atoms with E-state index >= 15 is 0 Å². The molecule has 0 spiro atoms. The summed E-state index contributed by atoms with van der Waals surface area (Å²) in [6, 6.07) is 1.97. The topological polar surface area (TPSA) is 96.0 Å². The number of nitrogens with one attached hydrogen (secondary N) is 3. The highest BCUT2D eigenvalue weighted by Crippen LogP contribution is 2.45. The third kappa shape index (κ3) is 4.28. The van der Waals surface area contributed by atoms with Crippen molar-refractivity contribution < 1.29 is 0 Å². The molecule has 0 aromatic rings. The maximum absolute atomic E-state index is 7.40. The van der Waals surface area contributed by atoms with Crippen molar-refractivity contribution in [2.75, 3.05) is 46.3 Å². The largest absolute Gasteiger partial charge is 0.404 e. The number of nitrogens with zero attached hydrogens (tertiary/aromatic N) is 4. The maximum Gasteiger partial charge on any atom is 0.149 e. The molecule has 1 aliphatic carbocycles. The van der Waals surface area contributed by atoms with Crippen LogP contribution in [0.5, 0.6) is 0 Å². The zero-order chi connectivity index (χ0) is 21.1. The summed E-state index contributed by atoms with van der Waals surface area (Å²) in [7, 11) is 1.92. The van der Waals surface area contributed by atoms with E-state index in [1.807, 2.05) is 14.0 Å². The number of hydrazine groups is 1. The van der Waals surface area contributed by atoms with Gasteiger partial charge in [-0.05, 0) is 64.0 Å². The molecule has 3 aliphatic heterocycles. The first-order valence-electron chi connectivity index (χ1n) is 11.8. The standard InChI is InChI=1S/C22H40N8/c1-16(12-23)22(27-15-24)30(25-2)18-5-9-28(10-6-18)19-13-29(14-19)21-11-17-3-7-26-8-4-20(17)21/h12,15,17-21,24-26H,3-11,13-14,23H2,1-2H3/b16-12+,24-15?,27-22?. The van der Waals surface area contributed by atoms with Crippen LogP contribution in [0.25, 0.3) is 0 Å². The van der Waals surface area contributed by atoms with Crippen molar-refractivity contribution in [1.82, 2.24) is 25.6 Å². The van der Waals surface area contributed by atoms with E-state index in [9.17, 15) is 0 Å². The minimum absolute atomic E-state index is 0.377. The minimum atomic E-state index is 0.377.